The Labute approximate surface area is 145 Å². The van der Waals surface area contributed by atoms with E-state index in [4.69, 9.17) is 23.2 Å². The highest BCUT2D eigenvalue weighted by molar-refractivity contribution is 6.36. The van der Waals surface area contributed by atoms with Crippen LogP contribution in [0.1, 0.15) is 0 Å². The second-order valence-electron chi connectivity index (χ2n) is 4.55. The summed E-state index contributed by atoms with van der Waals surface area (Å²) in [6.07, 6.45) is -4.43. The maximum atomic E-state index is 12.6. The molecule has 0 fully saturated rings. The number of rotatable bonds is 5. The van der Waals surface area contributed by atoms with Crippen LogP contribution < -0.4 is 15.4 Å². The topological polar surface area (TPSA) is 50.4 Å². The van der Waals surface area contributed by atoms with Gasteiger partial charge in [-0.3, -0.25) is 4.79 Å². The van der Waals surface area contributed by atoms with Gasteiger partial charge in [0.2, 0.25) is 6.41 Å². The zero-order valence-corrected chi connectivity index (χ0v) is 13.7. The third-order valence-corrected chi connectivity index (χ3v) is 3.67. The monoisotopic (exact) mass is 378 g/mol. The molecule has 9 heteroatoms. The van der Waals surface area contributed by atoms with Crippen LogP contribution in [0.2, 0.25) is 10.0 Å². The minimum Gasteiger partial charge on any atom is -0.405 e. The van der Waals surface area contributed by atoms with E-state index in [1.807, 2.05) is 0 Å². The first-order valence-corrected chi connectivity index (χ1v) is 7.28. The predicted octanol–water partition coefficient (Wildman–Crippen LogP) is 5.17. The van der Waals surface area contributed by atoms with Crippen molar-refractivity contribution < 1.29 is 22.7 Å². The van der Waals surface area contributed by atoms with Crippen molar-refractivity contribution in [2.75, 3.05) is 17.7 Å². The summed E-state index contributed by atoms with van der Waals surface area (Å²) in [5, 5.41) is 5.42. The number of hydrogen-bond acceptors (Lipinski definition) is 3. The number of alkyl halides is 3. The molecule has 4 nitrogen and oxygen atoms in total. The van der Waals surface area contributed by atoms with Gasteiger partial charge in [0.1, 0.15) is 5.75 Å². The van der Waals surface area contributed by atoms with Crippen molar-refractivity contribution in [1.82, 2.24) is 0 Å². The summed E-state index contributed by atoms with van der Waals surface area (Å²) in [6.45, 7) is 0. The van der Waals surface area contributed by atoms with Crippen molar-refractivity contribution in [2.45, 2.75) is 6.36 Å². The van der Waals surface area contributed by atoms with Crippen molar-refractivity contribution in [2.24, 2.45) is 0 Å². The molecule has 0 unspecified atom stereocenters. The normalized spacial score (nSPS) is 11.1. The second kappa shape index (κ2) is 7.19. The van der Waals surface area contributed by atoms with E-state index in [0.29, 0.717) is 23.3 Å². The van der Waals surface area contributed by atoms with Crippen molar-refractivity contribution >= 4 is 41.0 Å². The minimum atomic E-state index is -4.87. The Bertz CT molecular complexity index is 767. The van der Waals surface area contributed by atoms with Gasteiger partial charge >= 0.3 is 6.36 Å². The highest BCUT2D eigenvalue weighted by Crippen LogP contribution is 2.43. The lowest BCUT2D eigenvalue weighted by molar-refractivity contribution is -0.274. The van der Waals surface area contributed by atoms with Gasteiger partial charge in [0, 0.05) is 12.6 Å². The Hall–Kier alpha value is -2.12. The molecular weight excluding hydrogens is 368 g/mol. The van der Waals surface area contributed by atoms with Gasteiger partial charge in [-0.15, -0.1) is 13.2 Å². The lowest BCUT2D eigenvalue weighted by atomic mass is 10.0. The highest BCUT2D eigenvalue weighted by Gasteiger charge is 2.32. The highest BCUT2D eigenvalue weighted by atomic mass is 35.5. The number of anilines is 2. The zero-order chi connectivity index (χ0) is 17.9. The molecule has 0 heterocycles. The molecule has 2 aromatic carbocycles. The third kappa shape index (κ3) is 4.04. The lowest BCUT2D eigenvalue weighted by Gasteiger charge is -2.17. The van der Waals surface area contributed by atoms with Gasteiger partial charge in [0.15, 0.2) is 0 Å². The molecule has 0 aliphatic rings. The van der Waals surface area contributed by atoms with Gasteiger partial charge in [-0.2, -0.15) is 0 Å². The Morgan fingerprint density at radius 1 is 1.17 bits per heavy atom. The number of benzene rings is 2. The molecule has 0 spiro atoms. The molecule has 0 aromatic heterocycles. The summed E-state index contributed by atoms with van der Waals surface area (Å²) in [5.41, 5.74) is 1.03. The standard InChI is InChI=1S/C15H11Cl2F3N2O2/c1-21-11-6-8(5-10(17)14(11)22-7-23)13-9(16)3-2-4-12(13)24-15(18,19)20/h2-7,21H,1H3,(H,22,23). The summed E-state index contributed by atoms with van der Waals surface area (Å²) in [6, 6.07) is 6.82. The maximum absolute atomic E-state index is 12.6. The van der Waals surface area contributed by atoms with Crippen LogP contribution in [0.5, 0.6) is 5.75 Å². The summed E-state index contributed by atoms with van der Waals surface area (Å²) < 4.78 is 41.9. The molecule has 128 valence electrons. The Morgan fingerprint density at radius 3 is 2.46 bits per heavy atom. The summed E-state index contributed by atoms with van der Waals surface area (Å²) in [4.78, 5) is 10.7. The van der Waals surface area contributed by atoms with Crippen LogP contribution >= 0.6 is 23.2 Å². The molecule has 0 aliphatic heterocycles. The molecule has 24 heavy (non-hydrogen) atoms. The fourth-order valence-electron chi connectivity index (χ4n) is 2.15. The SMILES string of the molecule is CNc1cc(-c2c(Cl)cccc2OC(F)(F)F)cc(Cl)c1NC=O. The maximum Gasteiger partial charge on any atom is 0.573 e. The quantitative estimate of drug-likeness (QED) is 0.705. The summed E-state index contributed by atoms with van der Waals surface area (Å²) in [5.74, 6) is -0.454. The van der Waals surface area contributed by atoms with E-state index in [9.17, 15) is 18.0 Å². The first-order valence-electron chi connectivity index (χ1n) is 6.53. The molecular formula is C15H11Cl2F3N2O2. The van der Waals surface area contributed by atoms with Crippen molar-refractivity contribution in [3.63, 3.8) is 0 Å². The van der Waals surface area contributed by atoms with Gasteiger partial charge in [0.05, 0.1) is 21.4 Å². The Morgan fingerprint density at radius 2 is 1.88 bits per heavy atom. The molecule has 2 N–H and O–H groups in total. The zero-order valence-electron chi connectivity index (χ0n) is 12.2. The van der Waals surface area contributed by atoms with Crippen LogP contribution in [-0.2, 0) is 4.79 Å². The second-order valence-corrected chi connectivity index (χ2v) is 5.37. The van der Waals surface area contributed by atoms with E-state index in [-0.39, 0.29) is 15.6 Å². The van der Waals surface area contributed by atoms with Crippen molar-refractivity contribution in [1.29, 1.82) is 0 Å². The van der Waals surface area contributed by atoms with Gasteiger partial charge in [0.25, 0.3) is 0 Å². The Kier molecular flexibility index (Phi) is 5.46. The largest absolute Gasteiger partial charge is 0.573 e. The van der Waals surface area contributed by atoms with E-state index >= 15 is 0 Å². The van der Waals surface area contributed by atoms with E-state index in [1.165, 1.54) is 24.3 Å². The van der Waals surface area contributed by atoms with Gasteiger partial charge < -0.3 is 15.4 Å². The number of carbonyl (C=O) groups excluding carboxylic acids is 1. The molecule has 1 amide bonds. The van der Waals surface area contributed by atoms with Crippen LogP contribution in [0, 0.1) is 0 Å². The molecule has 0 aliphatic carbocycles. The fourth-order valence-corrected chi connectivity index (χ4v) is 2.70. The lowest BCUT2D eigenvalue weighted by Crippen LogP contribution is -2.17. The van der Waals surface area contributed by atoms with Crippen LogP contribution in [0.3, 0.4) is 0 Å². The molecule has 0 atom stereocenters. The van der Waals surface area contributed by atoms with E-state index < -0.39 is 12.1 Å². The van der Waals surface area contributed by atoms with Crippen LogP contribution in [0.15, 0.2) is 30.3 Å². The molecule has 0 saturated carbocycles. The molecule has 2 rings (SSSR count). The average Bonchev–Trinajstić information content (AvgIpc) is 2.48. The van der Waals surface area contributed by atoms with Gasteiger partial charge in [-0.25, -0.2) is 0 Å². The molecule has 2 aromatic rings. The van der Waals surface area contributed by atoms with E-state index in [0.717, 1.165) is 6.07 Å². The number of ether oxygens (including phenoxy) is 1. The van der Waals surface area contributed by atoms with Crippen LogP contribution in [0.4, 0.5) is 24.5 Å². The minimum absolute atomic E-state index is 0.0348. The van der Waals surface area contributed by atoms with Crippen LogP contribution in [0.25, 0.3) is 11.1 Å². The first kappa shape index (κ1) is 18.2. The first-order chi connectivity index (χ1) is 11.3. The number of amides is 1. The van der Waals surface area contributed by atoms with Crippen molar-refractivity contribution in [3.8, 4) is 16.9 Å². The van der Waals surface area contributed by atoms with E-state index in [2.05, 4.69) is 15.4 Å². The average molecular weight is 379 g/mol. The summed E-state index contributed by atoms with van der Waals surface area (Å²) in [7, 11) is 1.57. The predicted molar refractivity (Wildman–Crippen MR) is 87.8 cm³/mol. The number of carbonyl (C=O) groups is 1. The van der Waals surface area contributed by atoms with Crippen LogP contribution in [-0.4, -0.2) is 19.8 Å². The fraction of sp³-hybridized carbons (Fsp3) is 0.133. The van der Waals surface area contributed by atoms with Gasteiger partial charge in [-0.05, 0) is 29.8 Å². The smallest absolute Gasteiger partial charge is 0.405 e. The number of halogens is 5. The Balaban J connectivity index is 2.64. The molecule has 0 radical (unpaired) electrons. The van der Waals surface area contributed by atoms with Gasteiger partial charge in [-0.1, -0.05) is 29.3 Å². The third-order valence-electron chi connectivity index (χ3n) is 3.05. The number of hydrogen-bond donors (Lipinski definition) is 2. The number of nitrogens with one attached hydrogen (secondary N) is 2. The van der Waals surface area contributed by atoms with E-state index in [1.54, 1.807) is 7.05 Å². The van der Waals surface area contributed by atoms with Crippen molar-refractivity contribution in [3.05, 3.63) is 40.4 Å². The molecule has 0 saturated heterocycles. The molecule has 0 bridgehead atoms. The summed E-state index contributed by atoms with van der Waals surface area (Å²) >= 11 is 12.2.